The van der Waals surface area contributed by atoms with E-state index in [4.69, 9.17) is 4.74 Å². The Bertz CT molecular complexity index is 911. The maximum Gasteiger partial charge on any atom is 0.416 e. The van der Waals surface area contributed by atoms with Crippen LogP contribution in [0.3, 0.4) is 0 Å². The summed E-state index contributed by atoms with van der Waals surface area (Å²) in [4.78, 5) is 28.0. The molecule has 1 aromatic carbocycles. The molecule has 1 saturated carbocycles. The second-order valence-electron chi connectivity index (χ2n) is 6.71. The van der Waals surface area contributed by atoms with E-state index in [1.54, 1.807) is 0 Å². The molecule has 1 heterocycles. The molecule has 3 rings (SSSR count). The molecule has 0 bridgehead atoms. The van der Waals surface area contributed by atoms with E-state index < -0.39 is 17.6 Å². The lowest BCUT2D eigenvalue weighted by atomic mass is 10.1. The molecule has 1 fully saturated rings. The van der Waals surface area contributed by atoms with Gasteiger partial charge in [-0.3, -0.25) is 9.59 Å². The Kier molecular flexibility index (Phi) is 6.14. The molecule has 1 aliphatic rings. The van der Waals surface area contributed by atoms with Crippen molar-refractivity contribution < 1.29 is 31.9 Å². The van der Waals surface area contributed by atoms with Gasteiger partial charge in [-0.05, 0) is 49.6 Å². The van der Waals surface area contributed by atoms with Crippen molar-refractivity contribution in [1.29, 1.82) is 0 Å². The second-order valence-corrected chi connectivity index (χ2v) is 6.71. The number of halogens is 4. The van der Waals surface area contributed by atoms with Gasteiger partial charge in [-0.15, -0.1) is 0 Å². The van der Waals surface area contributed by atoms with E-state index in [0.29, 0.717) is 17.4 Å². The number of benzene rings is 1. The number of nitrogens with one attached hydrogen (secondary N) is 1. The standard InChI is InChI=1S/C20H18F4N2O3/c21-15-11-14(20(22,23)24)5-6-17(15)29-9-1-2-16(27)13-7-8-25-18(10-13)26-19(28)12-3-4-12/h5-8,10-12H,1-4,9H2,(H,25,26,28). The van der Waals surface area contributed by atoms with Crippen LogP contribution in [0.25, 0.3) is 0 Å². The van der Waals surface area contributed by atoms with Crippen molar-refractivity contribution in [1.82, 2.24) is 4.98 Å². The molecular weight excluding hydrogens is 392 g/mol. The molecule has 29 heavy (non-hydrogen) atoms. The third-order valence-corrected chi connectivity index (χ3v) is 4.35. The van der Waals surface area contributed by atoms with Crippen LogP contribution in [-0.2, 0) is 11.0 Å². The Hall–Kier alpha value is -2.97. The Balaban J connectivity index is 1.48. The zero-order valence-electron chi connectivity index (χ0n) is 15.3. The van der Waals surface area contributed by atoms with E-state index in [9.17, 15) is 27.2 Å². The molecule has 1 aliphatic carbocycles. The molecule has 1 aromatic heterocycles. The fraction of sp³-hybridized carbons (Fsp3) is 0.350. The molecule has 1 N–H and O–H groups in total. The zero-order valence-corrected chi connectivity index (χ0v) is 15.3. The Labute approximate surface area is 164 Å². The van der Waals surface area contributed by atoms with Gasteiger partial charge in [0, 0.05) is 24.1 Å². The molecule has 0 unspecified atom stereocenters. The van der Waals surface area contributed by atoms with Crippen molar-refractivity contribution in [3.63, 3.8) is 0 Å². The lowest BCUT2D eigenvalue weighted by Gasteiger charge is -2.10. The molecule has 2 aromatic rings. The number of hydrogen-bond donors (Lipinski definition) is 1. The summed E-state index contributed by atoms with van der Waals surface area (Å²) in [6.45, 7) is -0.0373. The zero-order chi connectivity index (χ0) is 21.0. The fourth-order valence-corrected chi connectivity index (χ4v) is 2.60. The SMILES string of the molecule is O=C(CCCOc1ccc(C(F)(F)F)cc1F)c1ccnc(NC(=O)C2CC2)c1. The van der Waals surface area contributed by atoms with Gasteiger partial charge in [0.1, 0.15) is 5.82 Å². The van der Waals surface area contributed by atoms with Gasteiger partial charge in [0.05, 0.1) is 12.2 Å². The van der Waals surface area contributed by atoms with E-state index in [0.717, 1.165) is 25.0 Å². The predicted octanol–water partition coefficient (Wildman–Crippen LogP) is 4.63. The van der Waals surface area contributed by atoms with E-state index in [1.807, 2.05) is 0 Å². The van der Waals surface area contributed by atoms with Crippen LogP contribution in [0.15, 0.2) is 36.5 Å². The topological polar surface area (TPSA) is 68.3 Å². The Morgan fingerprint density at radius 1 is 1.17 bits per heavy atom. The summed E-state index contributed by atoms with van der Waals surface area (Å²) < 4.78 is 56.4. The summed E-state index contributed by atoms with van der Waals surface area (Å²) in [6, 6.07) is 5.02. The number of nitrogens with zero attached hydrogens (tertiary/aromatic N) is 1. The summed E-state index contributed by atoms with van der Waals surface area (Å²) in [6.07, 6.45) is -1.18. The number of hydrogen-bond acceptors (Lipinski definition) is 4. The van der Waals surface area contributed by atoms with Gasteiger partial charge in [-0.25, -0.2) is 9.37 Å². The van der Waals surface area contributed by atoms with Gasteiger partial charge in [-0.2, -0.15) is 13.2 Å². The molecule has 0 atom stereocenters. The average Bonchev–Trinajstić information content (AvgIpc) is 3.51. The lowest BCUT2D eigenvalue weighted by Crippen LogP contribution is -2.15. The fourth-order valence-electron chi connectivity index (χ4n) is 2.60. The number of amides is 1. The molecule has 0 saturated heterocycles. The van der Waals surface area contributed by atoms with Crippen molar-refractivity contribution >= 4 is 17.5 Å². The molecule has 1 amide bonds. The Morgan fingerprint density at radius 2 is 1.93 bits per heavy atom. The quantitative estimate of drug-likeness (QED) is 0.391. The number of Topliss-reactive ketones (excluding diaryl/α,β-unsaturated/α-hetero) is 1. The number of alkyl halides is 3. The van der Waals surface area contributed by atoms with Crippen molar-refractivity contribution in [2.24, 2.45) is 5.92 Å². The van der Waals surface area contributed by atoms with Gasteiger partial charge >= 0.3 is 6.18 Å². The highest BCUT2D eigenvalue weighted by molar-refractivity contribution is 5.98. The van der Waals surface area contributed by atoms with Crippen LogP contribution in [0.5, 0.6) is 5.75 Å². The number of anilines is 1. The van der Waals surface area contributed by atoms with Crippen LogP contribution < -0.4 is 10.1 Å². The molecule has 5 nitrogen and oxygen atoms in total. The highest BCUT2D eigenvalue weighted by Gasteiger charge is 2.31. The smallest absolute Gasteiger partial charge is 0.416 e. The van der Waals surface area contributed by atoms with Crippen LogP contribution in [0.4, 0.5) is 23.4 Å². The van der Waals surface area contributed by atoms with Crippen LogP contribution in [0.1, 0.15) is 41.6 Å². The Morgan fingerprint density at radius 3 is 2.59 bits per heavy atom. The first kappa shape index (κ1) is 20.8. The van der Waals surface area contributed by atoms with E-state index >= 15 is 0 Å². The first-order chi connectivity index (χ1) is 13.7. The van der Waals surface area contributed by atoms with E-state index in [-0.39, 0.29) is 42.8 Å². The van der Waals surface area contributed by atoms with Gasteiger partial charge in [0.2, 0.25) is 5.91 Å². The maximum atomic E-state index is 13.7. The van der Waals surface area contributed by atoms with Crippen molar-refractivity contribution in [2.45, 2.75) is 31.9 Å². The van der Waals surface area contributed by atoms with Gasteiger partial charge in [0.25, 0.3) is 0 Å². The van der Waals surface area contributed by atoms with Crippen molar-refractivity contribution in [2.75, 3.05) is 11.9 Å². The molecular formula is C20H18F4N2O3. The number of ketones is 1. The summed E-state index contributed by atoms with van der Waals surface area (Å²) in [5, 5.41) is 2.66. The minimum absolute atomic E-state index is 0.0129. The van der Waals surface area contributed by atoms with E-state index in [2.05, 4.69) is 10.3 Å². The second kappa shape index (κ2) is 8.59. The number of ether oxygens (including phenoxy) is 1. The third kappa shape index (κ3) is 5.75. The van der Waals surface area contributed by atoms with Crippen LogP contribution in [0, 0.1) is 11.7 Å². The first-order valence-corrected chi connectivity index (χ1v) is 9.03. The minimum atomic E-state index is -4.63. The molecule has 0 aliphatic heterocycles. The molecule has 154 valence electrons. The minimum Gasteiger partial charge on any atom is -0.491 e. The summed E-state index contributed by atoms with van der Waals surface area (Å²) in [5.41, 5.74) is -0.730. The largest absolute Gasteiger partial charge is 0.491 e. The van der Waals surface area contributed by atoms with Crippen molar-refractivity contribution in [3.05, 3.63) is 53.5 Å². The highest BCUT2D eigenvalue weighted by Crippen LogP contribution is 2.32. The van der Waals surface area contributed by atoms with Crippen molar-refractivity contribution in [3.8, 4) is 5.75 Å². The van der Waals surface area contributed by atoms with Crippen LogP contribution in [0.2, 0.25) is 0 Å². The van der Waals surface area contributed by atoms with Crippen LogP contribution >= 0.6 is 0 Å². The lowest BCUT2D eigenvalue weighted by molar-refractivity contribution is -0.137. The number of rotatable bonds is 8. The van der Waals surface area contributed by atoms with Gasteiger partial charge in [-0.1, -0.05) is 0 Å². The van der Waals surface area contributed by atoms with E-state index in [1.165, 1.54) is 18.3 Å². The number of carbonyl (C=O) groups is 2. The molecule has 9 heteroatoms. The molecule has 0 spiro atoms. The highest BCUT2D eigenvalue weighted by atomic mass is 19.4. The monoisotopic (exact) mass is 410 g/mol. The molecule has 0 radical (unpaired) electrons. The summed E-state index contributed by atoms with van der Waals surface area (Å²) in [5.74, 6) is -1.44. The number of carbonyl (C=O) groups excluding carboxylic acids is 2. The van der Waals surface area contributed by atoms with Gasteiger partial charge in [0.15, 0.2) is 17.3 Å². The first-order valence-electron chi connectivity index (χ1n) is 9.03. The normalized spacial score (nSPS) is 13.8. The number of aromatic nitrogens is 1. The van der Waals surface area contributed by atoms with Gasteiger partial charge < -0.3 is 10.1 Å². The third-order valence-electron chi connectivity index (χ3n) is 4.35. The average molecular weight is 410 g/mol. The summed E-state index contributed by atoms with van der Waals surface area (Å²) in [7, 11) is 0. The summed E-state index contributed by atoms with van der Waals surface area (Å²) >= 11 is 0. The maximum absolute atomic E-state index is 13.7. The number of pyridine rings is 1. The van der Waals surface area contributed by atoms with Crippen LogP contribution in [-0.4, -0.2) is 23.3 Å². The predicted molar refractivity (Wildman–Crippen MR) is 96.1 cm³/mol.